The average Bonchev–Trinajstić information content (AvgIpc) is 2.62. The van der Waals surface area contributed by atoms with Gasteiger partial charge in [0.2, 0.25) is 0 Å². The molecule has 3 N–H and O–H groups in total. The van der Waals surface area contributed by atoms with E-state index in [1.807, 2.05) is 36.4 Å². The zero-order valence-corrected chi connectivity index (χ0v) is 15.9. The van der Waals surface area contributed by atoms with E-state index in [-0.39, 0.29) is 24.0 Å². The maximum atomic E-state index is 5.99. The first-order valence-corrected chi connectivity index (χ1v) is 7.85. The molecule has 1 fully saturated rings. The highest BCUT2D eigenvalue weighted by atomic mass is 127. The van der Waals surface area contributed by atoms with Crippen LogP contribution in [0, 0.1) is 0 Å². The van der Waals surface area contributed by atoms with Gasteiger partial charge in [0.05, 0.1) is 19.8 Å². The molecule has 0 spiro atoms. The number of aliphatic imine (C=N–C) groups is 1. The molecule has 0 atom stereocenters. The van der Waals surface area contributed by atoms with Gasteiger partial charge >= 0.3 is 0 Å². The van der Waals surface area contributed by atoms with Crippen molar-refractivity contribution < 1.29 is 4.74 Å². The highest BCUT2D eigenvalue weighted by molar-refractivity contribution is 14.0. The summed E-state index contributed by atoms with van der Waals surface area (Å²) in [5.41, 5.74) is 9.32. The van der Waals surface area contributed by atoms with Crippen molar-refractivity contribution in [2.75, 3.05) is 36.5 Å². The van der Waals surface area contributed by atoms with E-state index in [1.165, 1.54) is 11.3 Å². The van der Waals surface area contributed by atoms with Crippen molar-refractivity contribution in [3.63, 3.8) is 0 Å². The quantitative estimate of drug-likeness (QED) is 0.438. The first kappa shape index (κ1) is 18.5. The van der Waals surface area contributed by atoms with Gasteiger partial charge in [-0.15, -0.1) is 24.0 Å². The van der Waals surface area contributed by atoms with Crippen LogP contribution in [0.5, 0.6) is 0 Å². The van der Waals surface area contributed by atoms with Gasteiger partial charge in [-0.3, -0.25) is 0 Å². The minimum atomic E-state index is 0. The Labute approximate surface area is 159 Å². The summed E-state index contributed by atoms with van der Waals surface area (Å²) in [6, 6.07) is 18.2. The number of guanidine groups is 1. The molecule has 1 heterocycles. The normalized spacial score (nSPS) is 14.8. The zero-order chi connectivity index (χ0) is 15.9. The number of para-hydroxylation sites is 2. The molecular formula is C18H23IN4O. The predicted octanol–water partition coefficient (Wildman–Crippen LogP) is 3.07. The van der Waals surface area contributed by atoms with Gasteiger partial charge < -0.3 is 20.7 Å². The molecule has 5 nitrogen and oxygen atoms in total. The second-order valence-electron chi connectivity index (χ2n) is 5.42. The summed E-state index contributed by atoms with van der Waals surface area (Å²) >= 11 is 0. The molecule has 0 amide bonds. The van der Waals surface area contributed by atoms with Gasteiger partial charge in [-0.1, -0.05) is 36.4 Å². The second kappa shape index (κ2) is 9.48. The number of hydrogen-bond donors (Lipinski definition) is 2. The van der Waals surface area contributed by atoms with Crippen LogP contribution in [-0.4, -0.2) is 32.3 Å². The molecule has 0 bridgehead atoms. The topological polar surface area (TPSA) is 62.9 Å². The lowest BCUT2D eigenvalue weighted by Crippen LogP contribution is -2.36. The van der Waals surface area contributed by atoms with E-state index >= 15 is 0 Å². The number of nitrogens with one attached hydrogen (secondary N) is 1. The Morgan fingerprint density at radius 1 is 1.04 bits per heavy atom. The van der Waals surface area contributed by atoms with Crippen LogP contribution >= 0.6 is 24.0 Å². The third-order valence-corrected chi connectivity index (χ3v) is 3.81. The molecule has 1 saturated heterocycles. The zero-order valence-electron chi connectivity index (χ0n) is 13.5. The van der Waals surface area contributed by atoms with E-state index in [0.717, 1.165) is 32.0 Å². The SMILES string of the molecule is I.NC(=NCc1ccccc1N1CCOCC1)Nc1ccccc1. The molecule has 2 aromatic carbocycles. The number of rotatable bonds is 4. The summed E-state index contributed by atoms with van der Waals surface area (Å²) in [5, 5.41) is 3.11. The molecule has 0 unspecified atom stereocenters. The van der Waals surface area contributed by atoms with Gasteiger partial charge in [-0.2, -0.15) is 0 Å². The minimum Gasteiger partial charge on any atom is -0.378 e. The van der Waals surface area contributed by atoms with Gasteiger partial charge in [-0.25, -0.2) is 4.99 Å². The van der Waals surface area contributed by atoms with Gasteiger partial charge in [0.15, 0.2) is 5.96 Å². The second-order valence-corrected chi connectivity index (χ2v) is 5.42. The maximum Gasteiger partial charge on any atom is 0.193 e. The Balaban J connectivity index is 0.00000208. The number of benzene rings is 2. The van der Waals surface area contributed by atoms with Crippen LogP contribution in [-0.2, 0) is 11.3 Å². The third-order valence-electron chi connectivity index (χ3n) is 3.81. The fraction of sp³-hybridized carbons (Fsp3) is 0.278. The number of hydrogen-bond acceptors (Lipinski definition) is 3. The Morgan fingerprint density at radius 2 is 1.71 bits per heavy atom. The number of nitrogens with zero attached hydrogens (tertiary/aromatic N) is 2. The van der Waals surface area contributed by atoms with Crippen LogP contribution in [0.25, 0.3) is 0 Å². The molecule has 0 saturated carbocycles. The average molecular weight is 438 g/mol. The van der Waals surface area contributed by atoms with Crippen LogP contribution in [0.15, 0.2) is 59.6 Å². The van der Waals surface area contributed by atoms with Crippen molar-refractivity contribution >= 4 is 41.3 Å². The Kier molecular flexibility index (Phi) is 7.33. The molecule has 0 aromatic heterocycles. The Morgan fingerprint density at radius 3 is 2.46 bits per heavy atom. The number of halogens is 1. The monoisotopic (exact) mass is 438 g/mol. The van der Waals surface area contributed by atoms with Crippen molar-refractivity contribution in [3.05, 3.63) is 60.2 Å². The number of anilines is 2. The molecule has 128 valence electrons. The van der Waals surface area contributed by atoms with Crippen LogP contribution in [0.3, 0.4) is 0 Å². The van der Waals surface area contributed by atoms with E-state index in [1.54, 1.807) is 0 Å². The van der Waals surface area contributed by atoms with Crippen molar-refractivity contribution in [1.29, 1.82) is 0 Å². The van der Waals surface area contributed by atoms with Crippen molar-refractivity contribution in [3.8, 4) is 0 Å². The fourth-order valence-electron chi connectivity index (χ4n) is 2.64. The van der Waals surface area contributed by atoms with Gasteiger partial charge in [0.25, 0.3) is 0 Å². The minimum absolute atomic E-state index is 0. The van der Waals surface area contributed by atoms with Crippen molar-refractivity contribution in [2.24, 2.45) is 10.7 Å². The largest absolute Gasteiger partial charge is 0.378 e. The molecule has 3 rings (SSSR count). The lowest BCUT2D eigenvalue weighted by Gasteiger charge is -2.30. The molecule has 1 aliphatic rings. The Bertz CT molecular complexity index is 657. The molecular weight excluding hydrogens is 415 g/mol. The van der Waals surface area contributed by atoms with Crippen molar-refractivity contribution in [1.82, 2.24) is 0 Å². The predicted molar refractivity (Wildman–Crippen MR) is 110 cm³/mol. The smallest absolute Gasteiger partial charge is 0.193 e. The lowest BCUT2D eigenvalue weighted by atomic mass is 10.1. The lowest BCUT2D eigenvalue weighted by molar-refractivity contribution is 0.122. The third kappa shape index (κ3) is 5.10. The van der Waals surface area contributed by atoms with E-state index in [0.29, 0.717) is 12.5 Å². The van der Waals surface area contributed by atoms with Crippen LogP contribution < -0.4 is 16.0 Å². The van der Waals surface area contributed by atoms with Gasteiger partial charge in [-0.05, 0) is 23.8 Å². The molecule has 0 radical (unpaired) electrons. The Hall–Kier alpha value is -1.80. The fourth-order valence-corrected chi connectivity index (χ4v) is 2.64. The van der Waals surface area contributed by atoms with Gasteiger partial charge in [0.1, 0.15) is 0 Å². The summed E-state index contributed by atoms with van der Waals surface area (Å²) < 4.78 is 5.43. The summed E-state index contributed by atoms with van der Waals surface area (Å²) in [4.78, 5) is 6.81. The standard InChI is InChI=1S/C18H22N4O.HI/c19-18(21-16-7-2-1-3-8-16)20-14-15-6-4-5-9-17(15)22-10-12-23-13-11-22;/h1-9H,10-14H2,(H3,19,20,21);1H. The van der Waals surface area contributed by atoms with Crippen molar-refractivity contribution in [2.45, 2.75) is 6.54 Å². The van der Waals surface area contributed by atoms with E-state index < -0.39 is 0 Å². The summed E-state index contributed by atoms with van der Waals surface area (Å²) in [6.07, 6.45) is 0. The first-order chi connectivity index (χ1) is 11.3. The van der Waals surface area contributed by atoms with E-state index in [4.69, 9.17) is 10.5 Å². The van der Waals surface area contributed by atoms with Crippen LogP contribution in [0.4, 0.5) is 11.4 Å². The first-order valence-electron chi connectivity index (χ1n) is 7.85. The van der Waals surface area contributed by atoms with Crippen LogP contribution in [0.1, 0.15) is 5.56 Å². The molecule has 6 heteroatoms. The highest BCUT2D eigenvalue weighted by Crippen LogP contribution is 2.22. The number of morpholine rings is 1. The maximum absolute atomic E-state index is 5.99. The molecule has 24 heavy (non-hydrogen) atoms. The van der Waals surface area contributed by atoms with E-state index in [2.05, 4.69) is 33.4 Å². The summed E-state index contributed by atoms with van der Waals surface area (Å²) in [6.45, 7) is 3.93. The summed E-state index contributed by atoms with van der Waals surface area (Å²) in [5.74, 6) is 0.424. The number of nitrogens with two attached hydrogens (primary N) is 1. The molecule has 1 aliphatic heterocycles. The van der Waals surface area contributed by atoms with Crippen LogP contribution in [0.2, 0.25) is 0 Å². The number of ether oxygens (including phenoxy) is 1. The van der Waals surface area contributed by atoms with E-state index in [9.17, 15) is 0 Å². The summed E-state index contributed by atoms with van der Waals surface area (Å²) in [7, 11) is 0. The molecule has 0 aliphatic carbocycles. The highest BCUT2D eigenvalue weighted by Gasteiger charge is 2.13. The van der Waals surface area contributed by atoms with Gasteiger partial charge in [0, 0.05) is 24.5 Å². The molecule has 2 aromatic rings.